The highest BCUT2D eigenvalue weighted by Gasteiger charge is 2.26. The lowest BCUT2D eigenvalue weighted by molar-refractivity contribution is -0.115. The molecule has 1 unspecified atom stereocenters. The predicted molar refractivity (Wildman–Crippen MR) is 39.2 cm³/mol. The van der Waals surface area contributed by atoms with E-state index < -0.39 is 6.04 Å². The van der Waals surface area contributed by atoms with E-state index in [1.807, 2.05) is 5.92 Å². The summed E-state index contributed by atoms with van der Waals surface area (Å²) in [6.45, 7) is 0. The Labute approximate surface area is 60.8 Å². The second-order valence-corrected chi connectivity index (χ2v) is 2.79. The largest absolute Gasteiger partial charge is 0.321 e. The first kappa shape index (κ1) is 7.30. The summed E-state index contributed by atoms with van der Waals surface area (Å²) < 4.78 is 0. The lowest BCUT2D eigenvalue weighted by Gasteiger charge is -2.02. The summed E-state index contributed by atoms with van der Waals surface area (Å²) in [6.07, 6.45) is 8.10. The third kappa shape index (κ3) is 1.85. The summed E-state index contributed by atoms with van der Waals surface area (Å²) in [6, 6.07) is -0.405. The molecule has 1 fully saturated rings. The smallest absolute Gasteiger partial charge is 0.221 e. The molecule has 0 aliphatic heterocycles. The van der Waals surface area contributed by atoms with Crippen LogP contribution in [0.1, 0.15) is 19.3 Å². The molecule has 1 saturated carbocycles. The minimum absolute atomic E-state index is 0.258. The highest BCUT2D eigenvalue weighted by molar-refractivity contribution is 5.98. The quantitative estimate of drug-likeness (QED) is 0.449. The molecule has 10 heavy (non-hydrogen) atoms. The molecule has 1 rings (SSSR count). The van der Waals surface area contributed by atoms with Gasteiger partial charge in [0.25, 0.3) is 0 Å². The van der Waals surface area contributed by atoms with Gasteiger partial charge in [0, 0.05) is 0 Å². The predicted octanol–water partition coefficient (Wildman–Crippen LogP) is 0.316. The summed E-state index contributed by atoms with van der Waals surface area (Å²) in [4.78, 5) is 10.7. The van der Waals surface area contributed by atoms with Crippen molar-refractivity contribution < 1.29 is 4.79 Å². The molecule has 2 N–H and O–H groups in total. The fourth-order valence-corrected chi connectivity index (χ4v) is 0.927. The van der Waals surface area contributed by atoms with E-state index >= 15 is 0 Å². The van der Waals surface area contributed by atoms with Gasteiger partial charge in [0.15, 0.2) is 0 Å². The Bertz CT molecular complexity index is 176. The van der Waals surface area contributed by atoms with Crippen molar-refractivity contribution in [2.45, 2.75) is 25.3 Å². The molecule has 1 atom stereocenters. The van der Waals surface area contributed by atoms with Gasteiger partial charge in [-0.15, -0.1) is 6.42 Å². The van der Waals surface area contributed by atoms with E-state index in [-0.39, 0.29) is 5.78 Å². The van der Waals surface area contributed by atoms with Crippen molar-refractivity contribution in [3.05, 3.63) is 0 Å². The van der Waals surface area contributed by atoms with Crippen LogP contribution in [0.5, 0.6) is 0 Å². The van der Waals surface area contributed by atoms with Crippen LogP contribution in [0.25, 0.3) is 0 Å². The molecule has 0 aromatic carbocycles. The van der Waals surface area contributed by atoms with Gasteiger partial charge < -0.3 is 5.73 Å². The molecule has 0 amide bonds. The first-order valence-electron chi connectivity index (χ1n) is 3.50. The Morgan fingerprint density at radius 3 is 2.80 bits per heavy atom. The molecule has 0 heterocycles. The summed E-state index contributed by atoms with van der Waals surface area (Å²) in [5, 5.41) is 0. The lowest BCUT2D eigenvalue weighted by atomic mass is 10.1. The summed E-state index contributed by atoms with van der Waals surface area (Å²) in [5.74, 6) is 2.45. The zero-order chi connectivity index (χ0) is 7.56. The lowest BCUT2D eigenvalue weighted by Crippen LogP contribution is -2.29. The van der Waals surface area contributed by atoms with Crippen LogP contribution < -0.4 is 5.73 Å². The van der Waals surface area contributed by atoms with Gasteiger partial charge in [-0.2, -0.15) is 0 Å². The number of carbonyl (C=O) groups excluding carboxylic acids is 1. The Balaban J connectivity index is 2.26. The highest BCUT2D eigenvalue weighted by atomic mass is 16.1. The van der Waals surface area contributed by atoms with E-state index in [1.54, 1.807) is 0 Å². The molecular formula is C8H11NO. The maximum Gasteiger partial charge on any atom is 0.221 e. The molecule has 0 aromatic heterocycles. The van der Waals surface area contributed by atoms with Crippen molar-refractivity contribution in [3.63, 3.8) is 0 Å². The van der Waals surface area contributed by atoms with E-state index in [0.717, 1.165) is 6.42 Å². The van der Waals surface area contributed by atoms with Crippen LogP contribution in [0.2, 0.25) is 0 Å². The van der Waals surface area contributed by atoms with Gasteiger partial charge in [0.2, 0.25) is 5.78 Å². The van der Waals surface area contributed by atoms with Crippen LogP contribution in [0.3, 0.4) is 0 Å². The monoisotopic (exact) mass is 137 g/mol. The highest BCUT2D eigenvalue weighted by Crippen LogP contribution is 2.33. The van der Waals surface area contributed by atoms with Crippen LogP contribution in [0, 0.1) is 18.3 Å². The van der Waals surface area contributed by atoms with Crippen molar-refractivity contribution in [1.29, 1.82) is 0 Å². The minimum Gasteiger partial charge on any atom is -0.321 e. The number of rotatable bonds is 3. The van der Waals surface area contributed by atoms with Gasteiger partial charge in [-0.1, -0.05) is 12.8 Å². The molecule has 2 heteroatoms. The molecule has 1 aliphatic carbocycles. The number of hydrogen-bond acceptors (Lipinski definition) is 2. The van der Waals surface area contributed by atoms with Crippen molar-refractivity contribution >= 4 is 5.78 Å². The van der Waals surface area contributed by atoms with Crippen LogP contribution in [0.4, 0.5) is 0 Å². The number of nitrogens with two attached hydrogens (primary N) is 1. The number of ketones is 1. The Morgan fingerprint density at radius 2 is 2.40 bits per heavy atom. The second-order valence-electron chi connectivity index (χ2n) is 2.79. The summed E-state index contributed by atoms with van der Waals surface area (Å²) in [7, 11) is 0. The van der Waals surface area contributed by atoms with E-state index in [2.05, 4.69) is 0 Å². The third-order valence-corrected chi connectivity index (χ3v) is 1.76. The average Bonchev–Trinajstić information content (AvgIpc) is 2.70. The zero-order valence-electron chi connectivity index (χ0n) is 5.84. The van der Waals surface area contributed by atoms with E-state index in [0.29, 0.717) is 5.92 Å². The molecule has 0 bridgehead atoms. The SMILES string of the molecule is C#CC(=O)C(N)CC1CC1. The van der Waals surface area contributed by atoms with Crippen molar-refractivity contribution in [3.8, 4) is 12.3 Å². The summed E-state index contributed by atoms with van der Waals surface area (Å²) in [5.41, 5.74) is 5.48. The van der Waals surface area contributed by atoms with Crippen molar-refractivity contribution in [2.24, 2.45) is 11.7 Å². The third-order valence-electron chi connectivity index (χ3n) is 1.76. The summed E-state index contributed by atoms with van der Waals surface area (Å²) >= 11 is 0. The van der Waals surface area contributed by atoms with E-state index in [1.165, 1.54) is 12.8 Å². The van der Waals surface area contributed by atoms with Crippen LogP contribution in [-0.2, 0) is 4.79 Å². The van der Waals surface area contributed by atoms with Gasteiger partial charge in [-0.25, -0.2) is 0 Å². The maximum atomic E-state index is 10.7. The fourth-order valence-electron chi connectivity index (χ4n) is 0.927. The van der Waals surface area contributed by atoms with Gasteiger partial charge in [0.1, 0.15) is 0 Å². The Hall–Kier alpha value is -0.810. The first-order valence-corrected chi connectivity index (χ1v) is 3.50. The molecule has 0 radical (unpaired) electrons. The van der Waals surface area contributed by atoms with Gasteiger partial charge >= 0.3 is 0 Å². The molecule has 2 nitrogen and oxygen atoms in total. The standard InChI is InChI=1S/C8H11NO/c1-2-8(10)7(9)5-6-3-4-6/h1,6-7H,3-5,9H2. The van der Waals surface area contributed by atoms with E-state index in [9.17, 15) is 4.79 Å². The molecule has 0 spiro atoms. The number of Topliss-reactive ketones (excluding diaryl/α,β-unsaturated/α-hetero) is 1. The molecule has 0 saturated heterocycles. The van der Waals surface area contributed by atoms with Crippen LogP contribution in [0.15, 0.2) is 0 Å². The molecule has 1 aliphatic rings. The van der Waals surface area contributed by atoms with Gasteiger partial charge in [-0.05, 0) is 18.3 Å². The molecule has 0 aromatic rings. The van der Waals surface area contributed by atoms with Gasteiger partial charge in [0.05, 0.1) is 6.04 Å². The van der Waals surface area contributed by atoms with Crippen molar-refractivity contribution in [2.75, 3.05) is 0 Å². The van der Waals surface area contributed by atoms with Gasteiger partial charge in [-0.3, -0.25) is 4.79 Å². The number of carbonyl (C=O) groups is 1. The first-order chi connectivity index (χ1) is 4.74. The van der Waals surface area contributed by atoms with Crippen LogP contribution in [-0.4, -0.2) is 11.8 Å². The van der Waals surface area contributed by atoms with E-state index in [4.69, 9.17) is 12.2 Å². The minimum atomic E-state index is -0.405. The number of hydrogen-bond donors (Lipinski definition) is 1. The van der Waals surface area contributed by atoms with Crippen molar-refractivity contribution in [1.82, 2.24) is 0 Å². The second kappa shape index (κ2) is 2.85. The Morgan fingerprint density at radius 1 is 1.80 bits per heavy atom. The number of terminal acetylenes is 1. The van der Waals surface area contributed by atoms with Crippen LogP contribution >= 0.6 is 0 Å². The zero-order valence-corrected chi connectivity index (χ0v) is 5.84. The Kier molecular flexibility index (Phi) is 2.08. The average molecular weight is 137 g/mol. The fraction of sp³-hybridized carbons (Fsp3) is 0.625. The normalized spacial score (nSPS) is 19.6. The molecule has 54 valence electrons. The topological polar surface area (TPSA) is 43.1 Å². The maximum absolute atomic E-state index is 10.7. The molecular weight excluding hydrogens is 126 g/mol.